The third-order valence-corrected chi connectivity index (χ3v) is 9.20. The van der Waals surface area contributed by atoms with E-state index in [9.17, 15) is 0 Å². The number of pyridine rings is 1. The van der Waals surface area contributed by atoms with Gasteiger partial charge in [-0.15, -0.1) is 0 Å². The van der Waals surface area contributed by atoms with Crippen molar-refractivity contribution in [1.29, 1.82) is 0 Å². The Labute approximate surface area is 270 Å². The Morgan fingerprint density at radius 1 is 0.696 bits per heavy atom. The molecule has 0 atom stereocenters. The molecule has 0 fully saturated rings. The van der Waals surface area contributed by atoms with E-state index in [1.165, 1.54) is 71.8 Å². The molecule has 0 amide bonds. The van der Waals surface area contributed by atoms with Crippen LogP contribution < -0.4 is 0 Å². The number of hydrogen-bond acceptors (Lipinski definition) is 2. The van der Waals surface area contributed by atoms with Gasteiger partial charge in [0.25, 0.3) is 0 Å². The van der Waals surface area contributed by atoms with Gasteiger partial charge in [0.15, 0.2) is 0 Å². The number of aryl methyl sites for hydroxylation is 3. The average Bonchev–Trinajstić information content (AvgIpc) is 3.41. The van der Waals surface area contributed by atoms with E-state index in [1.807, 2.05) is 0 Å². The van der Waals surface area contributed by atoms with Gasteiger partial charge < -0.3 is 4.40 Å². The second-order valence-corrected chi connectivity index (χ2v) is 12.1. The molecule has 0 aliphatic heterocycles. The van der Waals surface area contributed by atoms with Gasteiger partial charge in [-0.05, 0) is 85.3 Å². The zero-order valence-electron chi connectivity index (χ0n) is 26.9. The Bertz CT molecular complexity index is 2330. The van der Waals surface area contributed by atoms with E-state index in [1.54, 1.807) is 6.20 Å². The highest BCUT2D eigenvalue weighted by Crippen LogP contribution is 2.42. The molecule has 5 aromatic carbocycles. The fraction of sp³-hybridized carbons (Fsp3) is 0.116. The maximum absolute atomic E-state index is 5.36. The Balaban J connectivity index is 1.58. The molecule has 7 aromatic rings. The molecule has 0 aliphatic carbocycles. The molecule has 0 aliphatic rings. The molecule has 0 saturated carbocycles. The highest BCUT2D eigenvalue weighted by molar-refractivity contribution is 6.14. The van der Waals surface area contributed by atoms with Crippen molar-refractivity contribution in [2.45, 2.75) is 34.2 Å². The summed E-state index contributed by atoms with van der Waals surface area (Å²) in [6.45, 7) is 12.9. The first-order valence-corrected chi connectivity index (χ1v) is 15.8. The molecule has 2 aromatic heterocycles. The van der Waals surface area contributed by atoms with E-state index in [4.69, 9.17) is 4.99 Å². The second-order valence-electron chi connectivity index (χ2n) is 12.1. The molecule has 0 bridgehead atoms. The summed E-state index contributed by atoms with van der Waals surface area (Å²) in [6, 6.07) is 43.5. The predicted octanol–water partition coefficient (Wildman–Crippen LogP) is 11.1. The van der Waals surface area contributed by atoms with E-state index in [-0.39, 0.29) is 0 Å². The van der Waals surface area contributed by atoms with Crippen LogP contribution in [0.25, 0.3) is 49.4 Å². The summed E-state index contributed by atoms with van der Waals surface area (Å²) in [7, 11) is 0. The van der Waals surface area contributed by atoms with Crippen molar-refractivity contribution in [2.24, 2.45) is 9.98 Å². The van der Waals surface area contributed by atoms with Gasteiger partial charge in [0.05, 0.1) is 23.3 Å². The second kappa shape index (κ2) is 12.1. The lowest BCUT2D eigenvalue weighted by Gasteiger charge is -2.18. The Morgan fingerprint density at radius 2 is 1.39 bits per heavy atom. The number of fused-ring (bicyclic) bond motifs is 5. The molecule has 3 heteroatoms. The van der Waals surface area contributed by atoms with Crippen molar-refractivity contribution in [2.75, 3.05) is 0 Å². The van der Waals surface area contributed by atoms with Crippen LogP contribution in [0, 0.1) is 20.8 Å². The average molecular weight is 596 g/mol. The minimum absolute atomic E-state index is 0.529. The number of benzene rings is 5. The van der Waals surface area contributed by atoms with Crippen molar-refractivity contribution in [3.63, 3.8) is 0 Å². The molecule has 3 nitrogen and oxygen atoms in total. The maximum atomic E-state index is 5.36. The molecule has 0 radical (unpaired) electrons. The minimum atomic E-state index is 0.529. The highest BCUT2D eigenvalue weighted by Gasteiger charge is 2.22. The van der Waals surface area contributed by atoms with Gasteiger partial charge in [-0.2, -0.15) is 0 Å². The van der Waals surface area contributed by atoms with E-state index in [2.05, 4.69) is 165 Å². The number of aromatic nitrogens is 1. The van der Waals surface area contributed by atoms with Crippen molar-refractivity contribution < 1.29 is 0 Å². The van der Waals surface area contributed by atoms with Gasteiger partial charge in [0, 0.05) is 39.4 Å². The van der Waals surface area contributed by atoms with Gasteiger partial charge in [0.2, 0.25) is 0 Å². The van der Waals surface area contributed by atoms with Crippen LogP contribution in [0.3, 0.4) is 0 Å². The molecular weight excluding hydrogens is 558 g/mol. The van der Waals surface area contributed by atoms with E-state index in [0.717, 1.165) is 16.8 Å². The van der Waals surface area contributed by atoms with Gasteiger partial charge in [-0.3, -0.25) is 9.98 Å². The molecule has 224 valence electrons. The van der Waals surface area contributed by atoms with Crippen LogP contribution in [0.5, 0.6) is 0 Å². The first-order valence-electron chi connectivity index (χ1n) is 15.8. The van der Waals surface area contributed by atoms with Crippen LogP contribution in [0.15, 0.2) is 143 Å². The summed E-state index contributed by atoms with van der Waals surface area (Å²) in [5.74, 6) is 0. The summed E-state index contributed by atoms with van der Waals surface area (Å²) in [4.78, 5) is 9.45. The summed E-state index contributed by atoms with van der Waals surface area (Å²) in [6.07, 6.45) is 1.81. The third-order valence-electron chi connectivity index (χ3n) is 9.20. The number of allylic oxidation sites excluding steroid dienone is 1. The van der Waals surface area contributed by atoms with Gasteiger partial charge >= 0.3 is 0 Å². The van der Waals surface area contributed by atoms with Crippen LogP contribution >= 0.6 is 0 Å². The lowest BCUT2D eigenvalue weighted by molar-refractivity contribution is 1.08. The third kappa shape index (κ3) is 4.95. The van der Waals surface area contributed by atoms with E-state index < -0.39 is 0 Å². The zero-order valence-corrected chi connectivity index (χ0v) is 26.9. The van der Waals surface area contributed by atoms with Crippen LogP contribution in [-0.4, -0.2) is 16.8 Å². The Hall–Kier alpha value is -5.54. The highest BCUT2D eigenvalue weighted by atomic mass is 14.9. The molecule has 0 N–H and O–H groups in total. The Kier molecular flexibility index (Phi) is 7.68. The number of para-hydroxylation sites is 1. The van der Waals surface area contributed by atoms with E-state index >= 15 is 0 Å². The summed E-state index contributed by atoms with van der Waals surface area (Å²) < 4.78 is 2.47. The minimum Gasteiger partial charge on any atom is -0.312 e. The number of hydrogen-bond donors (Lipinski definition) is 0. The topological polar surface area (TPSA) is 29.1 Å². The fourth-order valence-electron chi connectivity index (χ4n) is 6.98. The molecule has 0 spiro atoms. The van der Waals surface area contributed by atoms with Crippen molar-refractivity contribution in [1.82, 2.24) is 4.40 Å². The monoisotopic (exact) mass is 595 g/mol. The van der Waals surface area contributed by atoms with Gasteiger partial charge in [-0.25, -0.2) is 0 Å². The van der Waals surface area contributed by atoms with Crippen LogP contribution in [0.1, 0.15) is 34.9 Å². The molecule has 46 heavy (non-hydrogen) atoms. The molecule has 0 unspecified atom stereocenters. The summed E-state index contributed by atoms with van der Waals surface area (Å²) in [5, 5.41) is 3.69. The van der Waals surface area contributed by atoms with Crippen LogP contribution in [-0.2, 0) is 6.54 Å². The van der Waals surface area contributed by atoms with Crippen LogP contribution in [0.2, 0.25) is 0 Å². The molecular formula is C43H37N3. The number of aliphatic imine (C=N–C) groups is 2. The van der Waals surface area contributed by atoms with E-state index in [0.29, 0.717) is 6.54 Å². The SMILES string of the molecule is C=N/C=C(/C)C(=NCc1c2ccccc2n2c(C)c(-c3ccccc3C)c3cc(-c4ccccc4)ccc3c12)c1ccccc1C. The first-order chi connectivity index (χ1) is 22.5. The van der Waals surface area contributed by atoms with Gasteiger partial charge in [-0.1, -0.05) is 109 Å². The van der Waals surface area contributed by atoms with Crippen molar-refractivity contribution >= 4 is 39.6 Å². The van der Waals surface area contributed by atoms with Crippen molar-refractivity contribution in [3.8, 4) is 22.3 Å². The molecule has 0 saturated heterocycles. The quantitative estimate of drug-likeness (QED) is 0.164. The van der Waals surface area contributed by atoms with Crippen molar-refractivity contribution in [3.05, 3.63) is 161 Å². The maximum Gasteiger partial charge on any atom is 0.0697 e. The van der Waals surface area contributed by atoms with Crippen LogP contribution in [0.4, 0.5) is 0 Å². The summed E-state index contributed by atoms with van der Waals surface area (Å²) in [5.41, 5.74) is 15.3. The Morgan fingerprint density at radius 3 is 2.15 bits per heavy atom. The normalized spacial score (nSPS) is 12.3. The summed E-state index contributed by atoms with van der Waals surface area (Å²) >= 11 is 0. The lowest BCUT2D eigenvalue weighted by Crippen LogP contribution is -2.06. The predicted molar refractivity (Wildman–Crippen MR) is 197 cm³/mol. The molecule has 2 heterocycles. The lowest BCUT2D eigenvalue weighted by atomic mass is 9.91. The first kappa shape index (κ1) is 29.2. The molecule has 7 rings (SSSR count). The standard InChI is InChI=1S/C43H37N3/c1-28-15-9-11-19-34(28)41-31(4)46-40-22-14-13-21-36(40)39(27-45-42(30(3)26-44-5)35-20-12-10-16-29(35)2)43(46)37-24-23-33(25-38(37)41)32-17-7-6-8-18-32/h6-26H,5,27H2,1-4H3/b30-26-,45-42?. The van der Waals surface area contributed by atoms with Gasteiger partial charge in [0.1, 0.15) is 0 Å². The fourth-order valence-corrected chi connectivity index (χ4v) is 6.98. The zero-order chi connectivity index (χ0) is 31.8. The number of rotatable bonds is 7. The largest absolute Gasteiger partial charge is 0.312 e. The number of nitrogens with zero attached hydrogens (tertiary/aromatic N) is 3. The smallest absolute Gasteiger partial charge is 0.0697 e.